The van der Waals surface area contributed by atoms with Crippen molar-refractivity contribution in [2.45, 2.75) is 11.8 Å². The zero-order chi connectivity index (χ0) is 19.9. The number of aryl methyl sites for hydroxylation is 1. The molecule has 0 atom stereocenters. The summed E-state index contributed by atoms with van der Waals surface area (Å²) in [6, 6.07) is 9.78. The molecule has 0 radical (unpaired) electrons. The molecule has 0 spiro atoms. The monoisotopic (exact) mass is 417 g/mol. The van der Waals surface area contributed by atoms with Crippen molar-refractivity contribution in [2.75, 3.05) is 4.72 Å². The number of rotatable bonds is 4. The third-order valence-corrected chi connectivity index (χ3v) is 5.71. The summed E-state index contributed by atoms with van der Waals surface area (Å²) in [7, 11) is -4.13. The van der Waals surface area contributed by atoms with E-state index in [1.807, 2.05) is 6.92 Å². The molecule has 0 aliphatic carbocycles. The summed E-state index contributed by atoms with van der Waals surface area (Å²) >= 11 is 5.78. The maximum atomic E-state index is 13.9. The Morgan fingerprint density at radius 2 is 1.86 bits per heavy atom. The van der Waals surface area contributed by atoms with E-state index < -0.39 is 20.7 Å². The zero-order valence-electron chi connectivity index (χ0n) is 14.4. The van der Waals surface area contributed by atoms with Gasteiger partial charge in [0.15, 0.2) is 11.5 Å². The zero-order valence-corrected chi connectivity index (χ0v) is 16.0. The minimum atomic E-state index is -4.13. The van der Waals surface area contributed by atoms with Gasteiger partial charge in [-0.3, -0.25) is 9.82 Å². The standard InChI is InChI=1S/C18H13ClFN5O2S/c1-10-14-9-21-24-18(14)23-17(22-10)11-2-5-13(6-3-11)25-28(26,27)16-8-12(19)4-7-15(16)20/h2-9,25H,1H3,(H,21,22,23,24). The normalized spacial score (nSPS) is 11.7. The molecule has 2 N–H and O–H groups in total. The van der Waals surface area contributed by atoms with Crippen molar-refractivity contribution in [1.82, 2.24) is 20.2 Å². The summed E-state index contributed by atoms with van der Waals surface area (Å²) in [5, 5.41) is 7.71. The molecule has 0 aliphatic heterocycles. The molecule has 7 nitrogen and oxygen atoms in total. The number of aromatic nitrogens is 4. The lowest BCUT2D eigenvalue weighted by Gasteiger charge is -2.10. The molecule has 142 valence electrons. The Kier molecular flexibility index (Phi) is 4.48. The molecular weight excluding hydrogens is 405 g/mol. The number of halogens is 2. The molecule has 0 saturated carbocycles. The molecule has 0 bridgehead atoms. The van der Waals surface area contributed by atoms with Gasteiger partial charge >= 0.3 is 0 Å². The van der Waals surface area contributed by atoms with E-state index in [2.05, 4.69) is 24.9 Å². The fourth-order valence-corrected chi connectivity index (χ4v) is 4.09. The van der Waals surface area contributed by atoms with Crippen molar-refractivity contribution in [2.24, 2.45) is 0 Å². The number of aromatic amines is 1. The topological polar surface area (TPSA) is 101 Å². The van der Waals surface area contributed by atoms with Crippen LogP contribution in [0.5, 0.6) is 0 Å². The summed E-state index contributed by atoms with van der Waals surface area (Å²) < 4.78 is 41.1. The second-order valence-corrected chi connectivity index (χ2v) is 8.11. The van der Waals surface area contributed by atoms with Crippen LogP contribution < -0.4 is 4.72 Å². The lowest BCUT2D eigenvalue weighted by atomic mass is 10.2. The smallest absolute Gasteiger partial charge is 0.264 e. The Bertz CT molecular complexity index is 1290. The van der Waals surface area contributed by atoms with Crippen LogP contribution >= 0.6 is 11.6 Å². The highest BCUT2D eigenvalue weighted by atomic mass is 35.5. The number of hydrogen-bond donors (Lipinski definition) is 2. The van der Waals surface area contributed by atoms with Crippen molar-refractivity contribution in [1.29, 1.82) is 0 Å². The molecule has 2 aromatic heterocycles. The van der Waals surface area contributed by atoms with E-state index in [4.69, 9.17) is 11.6 Å². The number of fused-ring (bicyclic) bond motifs is 1. The number of nitrogens with one attached hydrogen (secondary N) is 2. The van der Waals surface area contributed by atoms with Gasteiger partial charge in [0.05, 0.1) is 17.3 Å². The molecule has 10 heteroatoms. The van der Waals surface area contributed by atoms with Crippen LogP contribution in [-0.4, -0.2) is 28.6 Å². The minimum Gasteiger partial charge on any atom is -0.280 e. The molecule has 0 fully saturated rings. The van der Waals surface area contributed by atoms with E-state index in [9.17, 15) is 12.8 Å². The molecule has 0 amide bonds. The molecule has 0 unspecified atom stereocenters. The van der Waals surface area contributed by atoms with E-state index in [-0.39, 0.29) is 10.7 Å². The van der Waals surface area contributed by atoms with Crippen LogP contribution in [0.2, 0.25) is 5.02 Å². The van der Waals surface area contributed by atoms with Crippen LogP contribution in [0.1, 0.15) is 5.69 Å². The molecule has 2 heterocycles. The van der Waals surface area contributed by atoms with E-state index in [0.29, 0.717) is 17.0 Å². The first-order valence-electron chi connectivity index (χ1n) is 8.09. The minimum absolute atomic E-state index is 0.124. The highest BCUT2D eigenvalue weighted by Crippen LogP contribution is 2.25. The van der Waals surface area contributed by atoms with Gasteiger partial charge < -0.3 is 0 Å². The quantitative estimate of drug-likeness (QED) is 0.524. The Morgan fingerprint density at radius 1 is 1.11 bits per heavy atom. The maximum Gasteiger partial charge on any atom is 0.264 e. The number of H-pyrrole nitrogens is 1. The SMILES string of the molecule is Cc1nc(-c2ccc(NS(=O)(=O)c3cc(Cl)ccc3F)cc2)nc2[nH]ncc12. The second-order valence-electron chi connectivity index (χ2n) is 6.02. The first kappa shape index (κ1) is 18.3. The van der Waals surface area contributed by atoms with Gasteiger partial charge in [-0.2, -0.15) is 5.10 Å². The summed E-state index contributed by atoms with van der Waals surface area (Å²) in [5.41, 5.74) is 2.35. The van der Waals surface area contributed by atoms with E-state index in [1.165, 1.54) is 6.07 Å². The van der Waals surface area contributed by atoms with Gasteiger partial charge in [-0.15, -0.1) is 0 Å². The van der Waals surface area contributed by atoms with Crippen molar-refractivity contribution < 1.29 is 12.8 Å². The predicted molar refractivity (Wildman–Crippen MR) is 104 cm³/mol. The van der Waals surface area contributed by atoms with Gasteiger partial charge in [-0.05, 0) is 49.4 Å². The molecule has 0 aliphatic rings. The third-order valence-electron chi connectivity index (χ3n) is 4.08. The molecule has 0 saturated heterocycles. The van der Waals surface area contributed by atoms with Gasteiger partial charge in [0.2, 0.25) is 0 Å². The van der Waals surface area contributed by atoms with Crippen LogP contribution in [0.3, 0.4) is 0 Å². The van der Waals surface area contributed by atoms with Gasteiger partial charge in [0, 0.05) is 16.3 Å². The maximum absolute atomic E-state index is 13.9. The van der Waals surface area contributed by atoms with Crippen molar-refractivity contribution in [3.8, 4) is 11.4 Å². The summed E-state index contributed by atoms with van der Waals surface area (Å²) in [6.07, 6.45) is 1.65. The average Bonchev–Trinajstić information content (AvgIpc) is 3.13. The number of hydrogen-bond acceptors (Lipinski definition) is 5. The highest BCUT2D eigenvalue weighted by molar-refractivity contribution is 7.92. The van der Waals surface area contributed by atoms with E-state index in [1.54, 1.807) is 30.5 Å². The number of sulfonamides is 1. The van der Waals surface area contributed by atoms with Gasteiger partial charge in [0.1, 0.15) is 10.7 Å². The number of benzene rings is 2. The lowest BCUT2D eigenvalue weighted by Crippen LogP contribution is -2.14. The molecule has 2 aromatic carbocycles. The largest absolute Gasteiger partial charge is 0.280 e. The first-order valence-corrected chi connectivity index (χ1v) is 9.95. The van der Waals surface area contributed by atoms with Crippen LogP contribution in [0, 0.1) is 12.7 Å². The first-order chi connectivity index (χ1) is 13.3. The highest BCUT2D eigenvalue weighted by Gasteiger charge is 2.20. The summed E-state index contributed by atoms with van der Waals surface area (Å²) in [6.45, 7) is 1.85. The molecule has 4 aromatic rings. The predicted octanol–water partition coefficient (Wildman–Crippen LogP) is 3.92. The number of anilines is 1. The van der Waals surface area contributed by atoms with Crippen molar-refractivity contribution in [3.63, 3.8) is 0 Å². The Labute approximate surface area is 164 Å². The fourth-order valence-electron chi connectivity index (χ4n) is 2.69. The molecule has 28 heavy (non-hydrogen) atoms. The van der Waals surface area contributed by atoms with Crippen molar-refractivity contribution >= 4 is 38.3 Å². The molecule has 4 rings (SSSR count). The fraction of sp³-hybridized carbons (Fsp3) is 0.0556. The van der Waals surface area contributed by atoms with Gasteiger partial charge in [-0.25, -0.2) is 22.8 Å². The molecular formula is C18H13ClFN5O2S. The van der Waals surface area contributed by atoms with Crippen molar-refractivity contribution in [3.05, 3.63) is 65.2 Å². The Balaban J connectivity index is 1.63. The summed E-state index contributed by atoms with van der Waals surface area (Å²) in [4.78, 5) is 8.33. The second kappa shape index (κ2) is 6.84. The summed E-state index contributed by atoms with van der Waals surface area (Å²) in [5.74, 6) is -0.408. The van der Waals surface area contributed by atoms with E-state index >= 15 is 0 Å². The van der Waals surface area contributed by atoms with Crippen LogP contribution in [0.15, 0.2) is 53.6 Å². The van der Waals surface area contributed by atoms with Crippen LogP contribution in [-0.2, 0) is 10.0 Å². The average molecular weight is 418 g/mol. The number of nitrogens with zero attached hydrogens (tertiary/aromatic N) is 3. The van der Waals surface area contributed by atoms with Gasteiger partial charge in [0.25, 0.3) is 10.0 Å². The Hall–Kier alpha value is -3.04. The van der Waals surface area contributed by atoms with E-state index in [0.717, 1.165) is 23.2 Å². The Morgan fingerprint density at radius 3 is 2.61 bits per heavy atom. The van der Waals surface area contributed by atoms with Crippen LogP contribution in [0.4, 0.5) is 10.1 Å². The van der Waals surface area contributed by atoms with Crippen LogP contribution in [0.25, 0.3) is 22.4 Å². The van der Waals surface area contributed by atoms with Gasteiger partial charge in [-0.1, -0.05) is 11.6 Å². The third kappa shape index (κ3) is 3.41. The lowest BCUT2D eigenvalue weighted by molar-refractivity contribution is 0.570.